The Labute approximate surface area is 132 Å². The number of hydrogen-bond acceptors (Lipinski definition) is 5. The fourth-order valence-electron chi connectivity index (χ4n) is 2.99. The summed E-state index contributed by atoms with van der Waals surface area (Å²) in [6.07, 6.45) is 0.840. The van der Waals surface area contributed by atoms with Crippen molar-refractivity contribution in [2.45, 2.75) is 18.9 Å². The van der Waals surface area contributed by atoms with Crippen LogP contribution >= 0.6 is 0 Å². The lowest BCUT2D eigenvalue weighted by Gasteiger charge is -2.17. The molecule has 0 amide bonds. The molecule has 3 rings (SSSR count). The number of anilines is 1. The summed E-state index contributed by atoms with van der Waals surface area (Å²) in [6, 6.07) is 8.05. The zero-order chi connectivity index (χ0) is 16.4. The first-order chi connectivity index (χ1) is 11.1. The van der Waals surface area contributed by atoms with Crippen LogP contribution in [0.4, 0.5) is 10.3 Å². The Balaban J connectivity index is 1.75. The Hall–Kier alpha value is -2.72. The van der Waals surface area contributed by atoms with Gasteiger partial charge in [-0.25, -0.2) is 9.37 Å². The highest BCUT2D eigenvalue weighted by Gasteiger charge is 2.26. The van der Waals surface area contributed by atoms with E-state index < -0.39 is 5.82 Å². The molecule has 0 aliphatic carbocycles. The summed E-state index contributed by atoms with van der Waals surface area (Å²) in [5.74, 6) is -0.272. The summed E-state index contributed by atoms with van der Waals surface area (Å²) in [6.45, 7) is 1.98. The molecule has 1 unspecified atom stereocenters. The highest BCUT2D eigenvalue weighted by Crippen LogP contribution is 2.27. The molecule has 0 spiro atoms. The maximum absolute atomic E-state index is 13.7. The minimum absolute atomic E-state index is 0.0921. The largest absolute Gasteiger partial charge is 0.369 e. The zero-order valence-electron chi connectivity index (χ0n) is 12.4. The minimum Gasteiger partial charge on any atom is -0.369 e. The Morgan fingerprint density at radius 1 is 1.52 bits per heavy atom. The number of H-pyrrole nitrogens is 1. The second kappa shape index (κ2) is 6.18. The number of benzene rings is 1. The number of nitriles is 1. The molecule has 1 aliphatic rings. The molecule has 0 bridgehead atoms. The molecule has 1 fully saturated rings. The molecule has 2 aromatic rings. The first kappa shape index (κ1) is 15.2. The number of likely N-dealkylation sites (tertiary alicyclic amines) is 1. The number of aromatic nitrogens is 2. The van der Waals surface area contributed by atoms with Crippen molar-refractivity contribution in [3.05, 3.63) is 57.3 Å². The van der Waals surface area contributed by atoms with Gasteiger partial charge in [-0.2, -0.15) is 5.26 Å². The van der Waals surface area contributed by atoms with Gasteiger partial charge in [0.05, 0.1) is 11.3 Å². The van der Waals surface area contributed by atoms with Crippen molar-refractivity contribution >= 4 is 5.95 Å². The topological polar surface area (TPSA) is 98.8 Å². The highest BCUT2D eigenvalue weighted by molar-refractivity contribution is 5.38. The van der Waals surface area contributed by atoms with Crippen LogP contribution in [0.15, 0.2) is 29.1 Å². The lowest BCUT2D eigenvalue weighted by Crippen LogP contribution is -2.21. The highest BCUT2D eigenvalue weighted by atomic mass is 19.1. The summed E-state index contributed by atoms with van der Waals surface area (Å²) in [4.78, 5) is 20.2. The van der Waals surface area contributed by atoms with Gasteiger partial charge in [0.25, 0.3) is 5.56 Å². The maximum Gasteiger partial charge on any atom is 0.252 e. The van der Waals surface area contributed by atoms with Gasteiger partial charge in [-0.1, -0.05) is 12.1 Å². The second-order valence-electron chi connectivity index (χ2n) is 5.66. The van der Waals surface area contributed by atoms with Gasteiger partial charge in [0, 0.05) is 25.1 Å². The second-order valence-corrected chi connectivity index (χ2v) is 5.66. The fourth-order valence-corrected chi connectivity index (χ4v) is 2.99. The normalized spacial score (nSPS) is 18.0. The van der Waals surface area contributed by atoms with E-state index >= 15 is 0 Å². The van der Waals surface area contributed by atoms with Crippen LogP contribution in [0, 0.1) is 17.1 Å². The van der Waals surface area contributed by atoms with Crippen molar-refractivity contribution in [2.75, 3.05) is 18.8 Å². The van der Waals surface area contributed by atoms with E-state index in [4.69, 9.17) is 11.0 Å². The Kier molecular flexibility index (Phi) is 4.08. The van der Waals surface area contributed by atoms with Crippen LogP contribution < -0.4 is 11.3 Å². The van der Waals surface area contributed by atoms with Crippen molar-refractivity contribution in [2.24, 2.45) is 0 Å². The SMILES string of the molecule is N#Cc1c(F)cccc1CN1CCC(c2cc(=O)[nH]c(N)n2)C1. The molecule has 2 heterocycles. The van der Waals surface area contributed by atoms with Gasteiger partial charge in [-0.15, -0.1) is 0 Å². The first-order valence-corrected chi connectivity index (χ1v) is 7.33. The molecular weight excluding hydrogens is 297 g/mol. The van der Waals surface area contributed by atoms with Gasteiger partial charge >= 0.3 is 0 Å². The van der Waals surface area contributed by atoms with E-state index in [9.17, 15) is 9.18 Å². The van der Waals surface area contributed by atoms with Gasteiger partial charge in [0.1, 0.15) is 11.9 Å². The molecule has 1 saturated heterocycles. The molecule has 1 aromatic heterocycles. The van der Waals surface area contributed by atoms with Gasteiger partial charge in [-0.3, -0.25) is 14.7 Å². The number of nitrogens with zero attached hydrogens (tertiary/aromatic N) is 3. The van der Waals surface area contributed by atoms with E-state index in [1.165, 1.54) is 12.1 Å². The summed E-state index contributed by atoms with van der Waals surface area (Å²) in [7, 11) is 0. The van der Waals surface area contributed by atoms with Crippen molar-refractivity contribution < 1.29 is 4.39 Å². The lowest BCUT2D eigenvalue weighted by molar-refractivity contribution is 0.325. The Morgan fingerprint density at radius 3 is 3.09 bits per heavy atom. The molecule has 1 aromatic carbocycles. The monoisotopic (exact) mass is 313 g/mol. The van der Waals surface area contributed by atoms with Crippen LogP contribution in [0.1, 0.15) is 29.2 Å². The molecule has 1 atom stereocenters. The van der Waals surface area contributed by atoms with E-state index in [1.54, 1.807) is 12.1 Å². The van der Waals surface area contributed by atoms with Crippen LogP contribution in [0.3, 0.4) is 0 Å². The van der Waals surface area contributed by atoms with E-state index in [0.29, 0.717) is 24.3 Å². The third-order valence-electron chi connectivity index (χ3n) is 4.08. The predicted molar refractivity (Wildman–Crippen MR) is 83.0 cm³/mol. The molecule has 0 radical (unpaired) electrons. The third kappa shape index (κ3) is 3.22. The Bertz CT molecular complexity index is 826. The van der Waals surface area contributed by atoms with Crippen LogP contribution in [-0.2, 0) is 6.54 Å². The van der Waals surface area contributed by atoms with Crippen LogP contribution in [0.2, 0.25) is 0 Å². The van der Waals surface area contributed by atoms with Crippen molar-refractivity contribution in [3.63, 3.8) is 0 Å². The van der Waals surface area contributed by atoms with Crippen LogP contribution in [0.5, 0.6) is 0 Å². The van der Waals surface area contributed by atoms with E-state index in [1.807, 2.05) is 6.07 Å². The number of nitrogen functional groups attached to an aromatic ring is 1. The number of nitrogens with one attached hydrogen (secondary N) is 1. The molecule has 1 aliphatic heterocycles. The van der Waals surface area contributed by atoms with Crippen molar-refractivity contribution in [1.29, 1.82) is 5.26 Å². The van der Waals surface area contributed by atoms with E-state index in [0.717, 1.165) is 13.0 Å². The van der Waals surface area contributed by atoms with Crippen LogP contribution in [-0.4, -0.2) is 28.0 Å². The van der Waals surface area contributed by atoms with Crippen molar-refractivity contribution in [1.82, 2.24) is 14.9 Å². The summed E-state index contributed by atoms with van der Waals surface area (Å²) in [5.41, 5.74) is 6.76. The third-order valence-corrected chi connectivity index (χ3v) is 4.08. The Morgan fingerprint density at radius 2 is 2.35 bits per heavy atom. The smallest absolute Gasteiger partial charge is 0.252 e. The molecule has 0 saturated carbocycles. The molecule has 7 heteroatoms. The van der Waals surface area contributed by atoms with Crippen LogP contribution in [0.25, 0.3) is 0 Å². The van der Waals surface area contributed by atoms with E-state index in [-0.39, 0.29) is 23.0 Å². The summed E-state index contributed by atoms with van der Waals surface area (Å²) < 4.78 is 13.7. The van der Waals surface area contributed by atoms with Gasteiger partial charge in [0.2, 0.25) is 5.95 Å². The van der Waals surface area contributed by atoms with Gasteiger partial charge in [0.15, 0.2) is 0 Å². The molecule has 6 nitrogen and oxygen atoms in total. The summed E-state index contributed by atoms with van der Waals surface area (Å²) in [5, 5.41) is 9.09. The van der Waals surface area contributed by atoms with Gasteiger partial charge < -0.3 is 5.73 Å². The van der Waals surface area contributed by atoms with E-state index in [2.05, 4.69) is 14.9 Å². The number of nitrogens with two attached hydrogens (primary N) is 1. The number of halogens is 1. The molecular formula is C16H16FN5O. The lowest BCUT2D eigenvalue weighted by atomic mass is 10.0. The maximum atomic E-state index is 13.7. The molecule has 23 heavy (non-hydrogen) atoms. The predicted octanol–water partition coefficient (Wildman–Crippen LogP) is 1.35. The molecule has 3 N–H and O–H groups in total. The number of rotatable bonds is 3. The minimum atomic E-state index is -0.496. The first-order valence-electron chi connectivity index (χ1n) is 7.33. The fraction of sp³-hybridized carbons (Fsp3) is 0.312. The van der Waals surface area contributed by atoms with Gasteiger partial charge in [-0.05, 0) is 24.6 Å². The average Bonchev–Trinajstić information content (AvgIpc) is 2.95. The average molecular weight is 313 g/mol. The summed E-state index contributed by atoms with van der Waals surface area (Å²) >= 11 is 0. The molecule has 118 valence electrons. The number of hydrogen-bond donors (Lipinski definition) is 2. The number of aromatic amines is 1. The quantitative estimate of drug-likeness (QED) is 0.891. The standard InChI is InChI=1S/C16H16FN5O/c17-13-3-1-2-10(12(13)7-18)8-22-5-4-11(9-22)14-6-15(23)21-16(19)20-14/h1-3,6,11H,4-5,8-9H2,(H3,19,20,21,23). The zero-order valence-corrected chi connectivity index (χ0v) is 12.4. The van der Waals surface area contributed by atoms with Crippen molar-refractivity contribution in [3.8, 4) is 6.07 Å².